The first kappa shape index (κ1) is 19.0. The van der Waals surface area contributed by atoms with E-state index >= 15 is 0 Å². The number of carbonyl (C=O) groups is 1. The third kappa shape index (κ3) is 4.23. The summed E-state index contributed by atoms with van der Waals surface area (Å²) in [7, 11) is 0. The molecular formula is C20H26N4O3S. The minimum absolute atomic E-state index is 0.210. The molecule has 28 heavy (non-hydrogen) atoms. The maximum absolute atomic E-state index is 12.0. The van der Waals surface area contributed by atoms with Crippen LogP contribution in [0, 0.1) is 13.8 Å². The first-order chi connectivity index (χ1) is 13.6. The Kier molecular flexibility index (Phi) is 5.68. The molecule has 1 amide bonds. The normalized spacial score (nSPS) is 17.8. The lowest BCUT2D eigenvalue weighted by Crippen LogP contribution is -2.48. The second kappa shape index (κ2) is 8.36. The van der Waals surface area contributed by atoms with Crippen molar-refractivity contribution in [3.8, 4) is 0 Å². The lowest BCUT2D eigenvalue weighted by atomic mass is 10.1. The highest BCUT2D eigenvalue weighted by Gasteiger charge is 2.21. The topological polar surface area (TPSA) is 66.9 Å². The molecule has 0 bridgehead atoms. The molecule has 0 atom stereocenters. The molecule has 0 aliphatic carbocycles. The van der Waals surface area contributed by atoms with Gasteiger partial charge in [0.25, 0.3) is 5.91 Å². The number of rotatable bonds is 5. The van der Waals surface area contributed by atoms with Crippen LogP contribution in [0.15, 0.2) is 24.2 Å². The van der Waals surface area contributed by atoms with Crippen LogP contribution < -0.4 is 10.2 Å². The molecule has 1 saturated heterocycles. The Labute approximate surface area is 168 Å². The molecule has 0 saturated carbocycles. The van der Waals surface area contributed by atoms with E-state index in [0.29, 0.717) is 19.8 Å². The van der Waals surface area contributed by atoms with Crippen molar-refractivity contribution in [2.75, 3.05) is 57.4 Å². The van der Waals surface area contributed by atoms with Gasteiger partial charge in [0.15, 0.2) is 5.13 Å². The summed E-state index contributed by atoms with van der Waals surface area (Å²) in [4.78, 5) is 21.6. The zero-order chi connectivity index (χ0) is 19.5. The van der Waals surface area contributed by atoms with E-state index in [-0.39, 0.29) is 11.7 Å². The van der Waals surface area contributed by atoms with Crippen molar-refractivity contribution in [3.63, 3.8) is 0 Å². The van der Waals surface area contributed by atoms with Gasteiger partial charge in [0.2, 0.25) is 5.76 Å². The summed E-state index contributed by atoms with van der Waals surface area (Å²) >= 11 is 1.79. The van der Waals surface area contributed by atoms with Crippen LogP contribution in [0.25, 0.3) is 10.2 Å². The number of benzene rings is 1. The predicted octanol–water partition coefficient (Wildman–Crippen LogP) is 2.04. The standard InChI is InChI=1S/C20H26N4O3S/c1-14-11-15(2)18-16(12-14)22-20(28-18)24-7-5-23(6-8-24)4-3-21-19(25)17-13-26-9-10-27-17/h11-13H,3-10H2,1-2H3,(H,21,25). The van der Waals surface area contributed by atoms with E-state index in [4.69, 9.17) is 14.5 Å². The quantitative estimate of drug-likeness (QED) is 0.826. The van der Waals surface area contributed by atoms with Gasteiger partial charge in [-0.05, 0) is 31.0 Å². The first-order valence-electron chi connectivity index (χ1n) is 9.68. The van der Waals surface area contributed by atoms with Crippen molar-refractivity contribution in [2.45, 2.75) is 13.8 Å². The Balaban J connectivity index is 1.26. The van der Waals surface area contributed by atoms with Gasteiger partial charge >= 0.3 is 0 Å². The Hall–Kier alpha value is -2.32. The summed E-state index contributed by atoms with van der Waals surface area (Å²) in [5.74, 6) is 0.0518. The van der Waals surface area contributed by atoms with E-state index in [9.17, 15) is 4.79 Å². The Morgan fingerprint density at radius 2 is 2.04 bits per heavy atom. The Morgan fingerprint density at radius 1 is 1.21 bits per heavy atom. The largest absolute Gasteiger partial charge is 0.494 e. The molecule has 2 aliphatic heterocycles. The first-order valence-corrected chi connectivity index (χ1v) is 10.5. The van der Waals surface area contributed by atoms with E-state index in [0.717, 1.165) is 43.4 Å². The third-order valence-corrected chi connectivity index (χ3v) is 6.31. The summed E-state index contributed by atoms with van der Waals surface area (Å²) in [5, 5.41) is 4.00. The average Bonchev–Trinajstić information content (AvgIpc) is 3.13. The van der Waals surface area contributed by atoms with Gasteiger partial charge in [-0.15, -0.1) is 0 Å². The van der Waals surface area contributed by atoms with Gasteiger partial charge in [0.05, 0.1) is 10.2 Å². The molecule has 150 valence electrons. The third-order valence-electron chi connectivity index (χ3n) is 5.04. The van der Waals surface area contributed by atoms with E-state index < -0.39 is 0 Å². The predicted molar refractivity (Wildman–Crippen MR) is 111 cm³/mol. The number of carbonyl (C=O) groups excluding carboxylic acids is 1. The van der Waals surface area contributed by atoms with Crippen LogP contribution >= 0.6 is 11.3 Å². The molecule has 0 spiro atoms. The fourth-order valence-electron chi connectivity index (χ4n) is 3.57. The minimum atomic E-state index is -0.210. The fraction of sp³-hybridized carbons (Fsp3) is 0.500. The summed E-state index contributed by atoms with van der Waals surface area (Å²) in [6, 6.07) is 4.38. The molecule has 2 aliphatic rings. The number of ether oxygens (including phenoxy) is 2. The van der Waals surface area contributed by atoms with E-state index in [1.165, 1.54) is 22.1 Å². The van der Waals surface area contributed by atoms with Gasteiger partial charge < -0.3 is 19.7 Å². The number of nitrogens with zero attached hydrogens (tertiary/aromatic N) is 3. The van der Waals surface area contributed by atoms with Crippen LogP contribution in [-0.4, -0.2) is 68.3 Å². The molecule has 1 N–H and O–H groups in total. The van der Waals surface area contributed by atoms with Gasteiger partial charge in [-0.3, -0.25) is 9.69 Å². The van der Waals surface area contributed by atoms with Gasteiger partial charge in [0.1, 0.15) is 19.5 Å². The highest BCUT2D eigenvalue weighted by atomic mass is 32.1. The van der Waals surface area contributed by atoms with Crippen molar-refractivity contribution < 1.29 is 14.3 Å². The van der Waals surface area contributed by atoms with E-state index in [1.54, 1.807) is 11.3 Å². The average molecular weight is 403 g/mol. The van der Waals surface area contributed by atoms with Crippen LogP contribution in [0.4, 0.5) is 5.13 Å². The maximum atomic E-state index is 12.0. The SMILES string of the molecule is Cc1cc(C)c2sc(N3CCN(CCNC(=O)C4=COCCO4)CC3)nc2c1. The Morgan fingerprint density at radius 3 is 2.79 bits per heavy atom. The zero-order valence-electron chi connectivity index (χ0n) is 16.4. The zero-order valence-corrected chi connectivity index (χ0v) is 17.2. The van der Waals surface area contributed by atoms with Crippen LogP contribution in [0.1, 0.15) is 11.1 Å². The van der Waals surface area contributed by atoms with Crippen LogP contribution in [-0.2, 0) is 14.3 Å². The summed E-state index contributed by atoms with van der Waals surface area (Å²) in [6.45, 7) is 10.4. The van der Waals surface area contributed by atoms with Crippen LogP contribution in [0.3, 0.4) is 0 Å². The maximum Gasteiger partial charge on any atom is 0.289 e. The van der Waals surface area contributed by atoms with Crippen molar-refractivity contribution in [2.24, 2.45) is 0 Å². The number of anilines is 1. The smallest absolute Gasteiger partial charge is 0.289 e. The summed E-state index contributed by atoms with van der Waals surface area (Å²) in [5.41, 5.74) is 3.66. The second-order valence-corrected chi connectivity index (χ2v) is 8.19. The molecule has 1 aromatic carbocycles. The number of amides is 1. The summed E-state index contributed by atoms with van der Waals surface area (Å²) < 4.78 is 11.7. The molecule has 3 heterocycles. The highest BCUT2D eigenvalue weighted by Crippen LogP contribution is 2.32. The monoisotopic (exact) mass is 402 g/mol. The number of aryl methyl sites for hydroxylation is 2. The number of piperazine rings is 1. The molecule has 0 radical (unpaired) electrons. The molecule has 4 rings (SSSR count). The number of hydrogen-bond acceptors (Lipinski definition) is 7. The summed E-state index contributed by atoms with van der Waals surface area (Å²) in [6.07, 6.45) is 1.39. The molecule has 0 unspecified atom stereocenters. The van der Waals surface area contributed by atoms with Gasteiger partial charge in [0, 0.05) is 39.3 Å². The lowest BCUT2D eigenvalue weighted by Gasteiger charge is -2.34. The molecule has 2 aromatic rings. The van der Waals surface area contributed by atoms with Gasteiger partial charge in [-0.1, -0.05) is 17.4 Å². The number of fused-ring (bicyclic) bond motifs is 1. The number of aromatic nitrogens is 1. The van der Waals surface area contributed by atoms with Gasteiger partial charge in [-0.2, -0.15) is 0 Å². The van der Waals surface area contributed by atoms with Crippen LogP contribution in [0.2, 0.25) is 0 Å². The lowest BCUT2D eigenvalue weighted by molar-refractivity contribution is -0.122. The van der Waals surface area contributed by atoms with Crippen molar-refractivity contribution >= 4 is 32.6 Å². The molecule has 1 aromatic heterocycles. The number of nitrogens with one attached hydrogen (secondary N) is 1. The fourth-order valence-corrected chi connectivity index (χ4v) is 4.63. The van der Waals surface area contributed by atoms with E-state index in [2.05, 4.69) is 41.1 Å². The Bertz CT molecular complexity index is 887. The van der Waals surface area contributed by atoms with Crippen molar-refractivity contribution in [1.29, 1.82) is 0 Å². The van der Waals surface area contributed by atoms with Crippen molar-refractivity contribution in [1.82, 2.24) is 15.2 Å². The minimum Gasteiger partial charge on any atom is -0.494 e. The number of thiazole rings is 1. The second-order valence-electron chi connectivity index (χ2n) is 7.21. The van der Waals surface area contributed by atoms with Gasteiger partial charge in [-0.25, -0.2) is 4.98 Å². The van der Waals surface area contributed by atoms with Crippen molar-refractivity contribution in [3.05, 3.63) is 35.3 Å². The number of hydrogen-bond donors (Lipinski definition) is 1. The van der Waals surface area contributed by atoms with E-state index in [1.807, 2.05) is 0 Å². The highest BCUT2D eigenvalue weighted by molar-refractivity contribution is 7.22. The molecule has 7 nitrogen and oxygen atoms in total. The molecule has 1 fully saturated rings. The van der Waals surface area contributed by atoms with Crippen LogP contribution in [0.5, 0.6) is 0 Å². The molecule has 8 heteroatoms. The molecular weight excluding hydrogens is 376 g/mol.